The minimum atomic E-state index is -0.853. The summed E-state index contributed by atoms with van der Waals surface area (Å²) < 4.78 is 0. The number of nitrogens with zero attached hydrogens (tertiary/aromatic N) is 2. The van der Waals surface area contributed by atoms with Crippen LogP contribution < -0.4 is 16.6 Å². The molecule has 1 aromatic carbocycles. The van der Waals surface area contributed by atoms with Crippen LogP contribution in [0.25, 0.3) is 11.3 Å². The third-order valence-electron chi connectivity index (χ3n) is 3.45. The van der Waals surface area contributed by atoms with E-state index in [-0.39, 0.29) is 11.4 Å². The van der Waals surface area contributed by atoms with Crippen molar-refractivity contribution in [2.75, 3.05) is 11.6 Å². The molecule has 25 heavy (non-hydrogen) atoms. The van der Waals surface area contributed by atoms with E-state index in [0.29, 0.717) is 16.5 Å². The van der Waals surface area contributed by atoms with Gasteiger partial charge in [0, 0.05) is 11.8 Å². The molecule has 0 bridgehead atoms. The first-order valence-corrected chi connectivity index (χ1v) is 8.58. The van der Waals surface area contributed by atoms with Crippen molar-refractivity contribution in [1.29, 1.82) is 0 Å². The van der Waals surface area contributed by atoms with E-state index in [9.17, 15) is 9.59 Å². The Bertz CT molecular complexity index is 972. The number of pyridine rings is 1. The molecular formula is C17H15N5O2S. The first-order chi connectivity index (χ1) is 12.1. The lowest BCUT2D eigenvalue weighted by Gasteiger charge is -2.13. The number of amides is 1. The average Bonchev–Trinajstić information content (AvgIpc) is 2.62. The minimum absolute atomic E-state index is 0.103. The summed E-state index contributed by atoms with van der Waals surface area (Å²) in [4.78, 5) is 35.0. The number of hydrogen-bond donors (Lipinski definition) is 3. The predicted octanol–water partition coefficient (Wildman–Crippen LogP) is 2.40. The molecule has 0 saturated carbocycles. The number of anilines is 2. The summed E-state index contributed by atoms with van der Waals surface area (Å²) in [5.74, 6) is -0.750. The van der Waals surface area contributed by atoms with Crippen molar-refractivity contribution < 1.29 is 4.79 Å². The Kier molecular flexibility index (Phi) is 4.80. The number of rotatable bonds is 5. The van der Waals surface area contributed by atoms with E-state index in [2.05, 4.69) is 20.3 Å². The van der Waals surface area contributed by atoms with Gasteiger partial charge in [0.1, 0.15) is 5.56 Å². The van der Waals surface area contributed by atoms with Crippen LogP contribution in [-0.2, 0) is 0 Å². The van der Waals surface area contributed by atoms with Gasteiger partial charge in [0.05, 0.1) is 11.4 Å². The van der Waals surface area contributed by atoms with Crippen molar-refractivity contribution in [1.82, 2.24) is 15.0 Å². The molecule has 0 spiro atoms. The smallest absolute Gasteiger partial charge is 0.266 e. The number of thioether (sulfide) groups is 1. The van der Waals surface area contributed by atoms with Crippen LogP contribution in [-0.4, -0.2) is 27.1 Å². The zero-order valence-electron chi connectivity index (χ0n) is 13.3. The summed E-state index contributed by atoms with van der Waals surface area (Å²) in [6.07, 6.45) is 3.44. The second kappa shape index (κ2) is 7.18. The average molecular weight is 353 g/mol. The highest BCUT2D eigenvalue weighted by molar-refractivity contribution is 7.98. The third kappa shape index (κ3) is 3.53. The number of carbonyl (C=O) groups is 1. The highest BCUT2D eigenvalue weighted by Gasteiger charge is 2.18. The van der Waals surface area contributed by atoms with Gasteiger partial charge in [0.25, 0.3) is 11.5 Å². The molecule has 3 aromatic rings. The summed E-state index contributed by atoms with van der Waals surface area (Å²) in [7, 11) is 0. The Labute approximate surface area is 147 Å². The molecule has 7 nitrogen and oxygen atoms in total. The summed E-state index contributed by atoms with van der Waals surface area (Å²) >= 11 is 1.25. The molecule has 0 unspecified atom stereocenters. The van der Waals surface area contributed by atoms with Gasteiger partial charge in [-0.2, -0.15) is 0 Å². The predicted molar refractivity (Wildman–Crippen MR) is 98.1 cm³/mol. The van der Waals surface area contributed by atoms with E-state index in [0.717, 1.165) is 5.56 Å². The fourth-order valence-corrected chi connectivity index (χ4v) is 2.71. The topological polar surface area (TPSA) is 114 Å². The Balaban J connectivity index is 2.12. The zero-order chi connectivity index (χ0) is 17.8. The second-order valence-electron chi connectivity index (χ2n) is 5.05. The van der Waals surface area contributed by atoms with Gasteiger partial charge in [-0.25, -0.2) is 4.98 Å². The lowest BCUT2D eigenvalue weighted by atomic mass is 10.1. The molecule has 126 valence electrons. The van der Waals surface area contributed by atoms with Crippen LogP contribution in [0.4, 0.5) is 11.5 Å². The number of aromatic nitrogens is 3. The van der Waals surface area contributed by atoms with Crippen molar-refractivity contribution in [2.24, 2.45) is 5.73 Å². The van der Waals surface area contributed by atoms with Gasteiger partial charge in [0.15, 0.2) is 11.0 Å². The van der Waals surface area contributed by atoms with Crippen LogP contribution in [0.3, 0.4) is 0 Å². The van der Waals surface area contributed by atoms with Gasteiger partial charge >= 0.3 is 0 Å². The van der Waals surface area contributed by atoms with Crippen molar-refractivity contribution in [3.63, 3.8) is 0 Å². The van der Waals surface area contributed by atoms with Crippen LogP contribution in [0, 0.1) is 0 Å². The molecule has 8 heteroatoms. The molecule has 0 radical (unpaired) electrons. The zero-order valence-corrected chi connectivity index (χ0v) is 14.1. The normalized spacial score (nSPS) is 10.4. The Morgan fingerprint density at radius 3 is 2.64 bits per heavy atom. The SMILES string of the molecule is CSc1nc(Nc2cccnc2-c2ccccc2)c(C(N)=O)c(=O)[nH]1. The monoisotopic (exact) mass is 353 g/mol. The molecule has 2 aromatic heterocycles. The molecule has 2 heterocycles. The molecule has 0 aliphatic rings. The lowest BCUT2D eigenvalue weighted by Crippen LogP contribution is -2.26. The fourth-order valence-electron chi connectivity index (χ4n) is 2.33. The number of nitrogens with two attached hydrogens (primary N) is 1. The van der Waals surface area contributed by atoms with Crippen LogP contribution in [0.2, 0.25) is 0 Å². The van der Waals surface area contributed by atoms with Crippen LogP contribution in [0.5, 0.6) is 0 Å². The van der Waals surface area contributed by atoms with Crippen molar-refractivity contribution >= 4 is 29.2 Å². The van der Waals surface area contributed by atoms with E-state index in [1.165, 1.54) is 11.8 Å². The van der Waals surface area contributed by atoms with Crippen LogP contribution in [0.15, 0.2) is 58.6 Å². The number of aromatic amines is 1. The first-order valence-electron chi connectivity index (χ1n) is 7.35. The first kappa shape index (κ1) is 16.7. The third-order valence-corrected chi connectivity index (χ3v) is 4.03. The number of carbonyl (C=O) groups excluding carboxylic acids is 1. The summed E-state index contributed by atoms with van der Waals surface area (Å²) in [6, 6.07) is 13.1. The number of H-pyrrole nitrogens is 1. The number of benzene rings is 1. The summed E-state index contributed by atoms with van der Waals surface area (Å²) in [5, 5.41) is 3.41. The molecular weight excluding hydrogens is 338 g/mol. The van der Waals surface area contributed by atoms with Gasteiger partial charge in [-0.1, -0.05) is 42.1 Å². The highest BCUT2D eigenvalue weighted by atomic mass is 32.2. The van der Waals surface area contributed by atoms with E-state index in [1.54, 1.807) is 24.6 Å². The van der Waals surface area contributed by atoms with E-state index in [1.807, 2.05) is 30.3 Å². The van der Waals surface area contributed by atoms with E-state index in [4.69, 9.17) is 5.73 Å². The molecule has 4 N–H and O–H groups in total. The second-order valence-corrected chi connectivity index (χ2v) is 5.85. The van der Waals surface area contributed by atoms with Gasteiger partial charge in [0.2, 0.25) is 0 Å². The fraction of sp³-hybridized carbons (Fsp3) is 0.0588. The molecule has 0 aliphatic carbocycles. The summed E-state index contributed by atoms with van der Waals surface area (Å²) in [5.41, 5.74) is 6.72. The van der Waals surface area contributed by atoms with Crippen LogP contribution >= 0.6 is 11.8 Å². The molecule has 1 amide bonds. The maximum atomic E-state index is 12.1. The standard InChI is InChI=1S/C17H15N5O2S/c1-25-17-21-15(12(14(18)23)16(24)22-17)20-11-8-5-9-19-13(11)10-6-3-2-4-7-10/h2-9H,1H3,(H2,18,23)(H2,20,21,22,24). The molecule has 3 rings (SSSR count). The maximum Gasteiger partial charge on any atom is 0.266 e. The van der Waals surface area contributed by atoms with Gasteiger partial charge in [-0.15, -0.1) is 0 Å². The largest absolute Gasteiger partial charge is 0.365 e. The number of nitrogens with one attached hydrogen (secondary N) is 2. The van der Waals surface area contributed by atoms with Crippen molar-refractivity contribution in [3.05, 3.63) is 64.6 Å². The number of primary amides is 1. The van der Waals surface area contributed by atoms with Gasteiger partial charge in [-0.3, -0.25) is 14.6 Å². The molecule has 0 aliphatic heterocycles. The maximum absolute atomic E-state index is 12.1. The molecule has 0 atom stereocenters. The summed E-state index contributed by atoms with van der Waals surface area (Å²) in [6.45, 7) is 0. The van der Waals surface area contributed by atoms with Gasteiger partial charge in [-0.05, 0) is 18.4 Å². The molecule has 0 fully saturated rings. The highest BCUT2D eigenvalue weighted by Crippen LogP contribution is 2.28. The quantitative estimate of drug-likeness (QED) is 0.479. The Morgan fingerprint density at radius 2 is 1.96 bits per heavy atom. The molecule has 0 saturated heterocycles. The number of hydrogen-bond acceptors (Lipinski definition) is 6. The van der Waals surface area contributed by atoms with Gasteiger partial charge < -0.3 is 16.0 Å². The van der Waals surface area contributed by atoms with Crippen molar-refractivity contribution in [3.8, 4) is 11.3 Å². The Morgan fingerprint density at radius 1 is 1.20 bits per heavy atom. The lowest BCUT2D eigenvalue weighted by molar-refractivity contribution is 0.0999. The Hall–Kier alpha value is -3.13. The van der Waals surface area contributed by atoms with E-state index >= 15 is 0 Å². The van der Waals surface area contributed by atoms with Crippen molar-refractivity contribution in [2.45, 2.75) is 5.16 Å². The van der Waals surface area contributed by atoms with E-state index < -0.39 is 11.5 Å². The minimum Gasteiger partial charge on any atom is -0.365 e. The van der Waals surface area contributed by atoms with Crippen LogP contribution in [0.1, 0.15) is 10.4 Å².